The van der Waals surface area contributed by atoms with E-state index in [0.29, 0.717) is 6.42 Å². The van der Waals surface area contributed by atoms with Gasteiger partial charge in [0.05, 0.1) is 17.8 Å². The van der Waals surface area contributed by atoms with Crippen LogP contribution in [0.25, 0.3) is 5.69 Å². The number of benzene rings is 1. The average molecular weight is 358 g/mol. The molecule has 26 heavy (non-hydrogen) atoms. The van der Waals surface area contributed by atoms with Crippen molar-refractivity contribution in [2.24, 2.45) is 0 Å². The molecule has 1 N–H and O–H groups in total. The lowest BCUT2D eigenvalue weighted by atomic mass is 10.1. The molecule has 0 radical (unpaired) electrons. The average Bonchev–Trinajstić information content (AvgIpc) is 3.24. The lowest BCUT2D eigenvalue weighted by Crippen LogP contribution is -2.43. The van der Waals surface area contributed by atoms with Crippen molar-refractivity contribution in [2.75, 3.05) is 19.6 Å². The molecule has 0 aliphatic carbocycles. The maximum absolute atomic E-state index is 13.2. The van der Waals surface area contributed by atoms with Crippen LogP contribution in [0, 0.1) is 19.7 Å². The molecule has 5 nitrogen and oxygen atoms in total. The van der Waals surface area contributed by atoms with E-state index in [4.69, 9.17) is 0 Å². The Labute approximate surface area is 154 Å². The largest absolute Gasteiger partial charge is 0.338 e. The minimum Gasteiger partial charge on any atom is -0.338 e. The SMILES string of the molecule is CCCN(C(=O)Cc1c(C)nn(-c2ccc(F)cc2)c1C)C1CCNC1. The van der Waals surface area contributed by atoms with Gasteiger partial charge in [-0.15, -0.1) is 0 Å². The second-order valence-electron chi connectivity index (χ2n) is 6.95. The summed E-state index contributed by atoms with van der Waals surface area (Å²) in [6, 6.07) is 6.54. The minimum atomic E-state index is -0.272. The standard InChI is InChI=1S/C20H27FN4O/c1-4-11-24(18-9-10-22-13-18)20(26)12-19-14(2)23-25(15(19)3)17-7-5-16(21)6-8-17/h5-8,18,22H,4,9-13H2,1-3H3. The number of halogens is 1. The summed E-state index contributed by atoms with van der Waals surface area (Å²) in [7, 11) is 0. The van der Waals surface area contributed by atoms with Crippen LogP contribution in [0.3, 0.4) is 0 Å². The molecule has 1 atom stereocenters. The van der Waals surface area contributed by atoms with Crippen LogP contribution >= 0.6 is 0 Å². The number of rotatable bonds is 6. The molecule has 1 saturated heterocycles. The van der Waals surface area contributed by atoms with Gasteiger partial charge in [0.2, 0.25) is 5.91 Å². The number of aromatic nitrogens is 2. The van der Waals surface area contributed by atoms with Gasteiger partial charge in [-0.1, -0.05) is 6.92 Å². The zero-order valence-electron chi connectivity index (χ0n) is 15.8. The first kappa shape index (κ1) is 18.6. The fourth-order valence-electron chi connectivity index (χ4n) is 3.67. The molecule has 2 heterocycles. The highest BCUT2D eigenvalue weighted by Crippen LogP contribution is 2.20. The third-order valence-corrected chi connectivity index (χ3v) is 5.10. The summed E-state index contributed by atoms with van der Waals surface area (Å²) in [6.07, 6.45) is 2.32. The highest BCUT2D eigenvalue weighted by atomic mass is 19.1. The molecule has 1 amide bonds. The van der Waals surface area contributed by atoms with Crippen molar-refractivity contribution in [3.05, 3.63) is 47.0 Å². The number of nitrogens with one attached hydrogen (secondary N) is 1. The smallest absolute Gasteiger partial charge is 0.227 e. The van der Waals surface area contributed by atoms with Crippen LogP contribution < -0.4 is 5.32 Å². The van der Waals surface area contributed by atoms with Crippen molar-refractivity contribution in [1.29, 1.82) is 0 Å². The molecule has 1 aromatic carbocycles. The molecular formula is C20H27FN4O. The molecule has 1 fully saturated rings. The van der Waals surface area contributed by atoms with E-state index in [1.165, 1.54) is 12.1 Å². The molecule has 0 saturated carbocycles. The first-order chi connectivity index (χ1) is 12.5. The van der Waals surface area contributed by atoms with Crippen LogP contribution in [-0.4, -0.2) is 46.3 Å². The van der Waals surface area contributed by atoms with Gasteiger partial charge in [0.15, 0.2) is 0 Å². The Morgan fingerprint density at radius 1 is 1.35 bits per heavy atom. The Morgan fingerprint density at radius 2 is 2.08 bits per heavy atom. The van der Waals surface area contributed by atoms with Gasteiger partial charge >= 0.3 is 0 Å². The molecular weight excluding hydrogens is 331 g/mol. The number of nitrogens with zero attached hydrogens (tertiary/aromatic N) is 3. The van der Waals surface area contributed by atoms with Crippen molar-refractivity contribution in [1.82, 2.24) is 20.0 Å². The fraction of sp³-hybridized carbons (Fsp3) is 0.500. The van der Waals surface area contributed by atoms with Crippen molar-refractivity contribution in [3.63, 3.8) is 0 Å². The van der Waals surface area contributed by atoms with Gasteiger partial charge in [0.1, 0.15) is 5.82 Å². The first-order valence-electron chi connectivity index (χ1n) is 9.32. The molecule has 1 aliphatic rings. The maximum Gasteiger partial charge on any atom is 0.227 e. The number of aryl methyl sites for hydroxylation is 1. The van der Waals surface area contributed by atoms with Crippen molar-refractivity contribution < 1.29 is 9.18 Å². The predicted octanol–water partition coefficient (Wildman–Crippen LogP) is 2.77. The lowest BCUT2D eigenvalue weighted by Gasteiger charge is -2.28. The summed E-state index contributed by atoms with van der Waals surface area (Å²) < 4.78 is 15.0. The number of carbonyl (C=O) groups excluding carboxylic acids is 1. The van der Waals surface area contributed by atoms with E-state index in [1.54, 1.807) is 16.8 Å². The van der Waals surface area contributed by atoms with E-state index in [1.807, 2.05) is 18.7 Å². The Morgan fingerprint density at radius 3 is 2.69 bits per heavy atom. The van der Waals surface area contributed by atoms with Crippen LogP contribution in [0.15, 0.2) is 24.3 Å². The summed E-state index contributed by atoms with van der Waals surface area (Å²) >= 11 is 0. The number of amides is 1. The quantitative estimate of drug-likeness (QED) is 0.864. The van der Waals surface area contributed by atoms with Crippen LogP contribution in [0.1, 0.15) is 36.7 Å². The van der Waals surface area contributed by atoms with Crippen molar-refractivity contribution in [3.8, 4) is 5.69 Å². The third-order valence-electron chi connectivity index (χ3n) is 5.10. The van der Waals surface area contributed by atoms with E-state index in [9.17, 15) is 9.18 Å². The zero-order valence-corrected chi connectivity index (χ0v) is 15.8. The molecule has 6 heteroatoms. The van der Waals surface area contributed by atoms with E-state index in [0.717, 1.165) is 55.1 Å². The van der Waals surface area contributed by atoms with Gasteiger partial charge in [-0.25, -0.2) is 9.07 Å². The Kier molecular flexibility index (Phi) is 5.71. The van der Waals surface area contributed by atoms with E-state index < -0.39 is 0 Å². The topological polar surface area (TPSA) is 50.2 Å². The fourth-order valence-corrected chi connectivity index (χ4v) is 3.67. The molecule has 0 spiro atoms. The van der Waals surface area contributed by atoms with Gasteiger partial charge < -0.3 is 10.2 Å². The summed E-state index contributed by atoms with van der Waals surface area (Å²) in [5, 5.41) is 7.92. The highest BCUT2D eigenvalue weighted by molar-refractivity contribution is 5.79. The minimum absolute atomic E-state index is 0.158. The number of hydrogen-bond acceptors (Lipinski definition) is 3. The van der Waals surface area contributed by atoms with E-state index in [2.05, 4.69) is 17.3 Å². The highest BCUT2D eigenvalue weighted by Gasteiger charge is 2.27. The third kappa shape index (κ3) is 3.80. The zero-order chi connectivity index (χ0) is 18.7. The van der Waals surface area contributed by atoms with E-state index >= 15 is 0 Å². The maximum atomic E-state index is 13.2. The summed E-state index contributed by atoms with van der Waals surface area (Å²) in [6.45, 7) is 8.63. The van der Waals surface area contributed by atoms with Gasteiger partial charge in [-0.05, 0) is 57.5 Å². The van der Waals surface area contributed by atoms with E-state index in [-0.39, 0.29) is 17.8 Å². The van der Waals surface area contributed by atoms with Crippen LogP contribution in [0.4, 0.5) is 4.39 Å². The number of hydrogen-bond donors (Lipinski definition) is 1. The number of carbonyl (C=O) groups is 1. The molecule has 140 valence electrons. The Hall–Kier alpha value is -2.21. The van der Waals surface area contributed by atoms with Gasteiger partial charge in [-0.3, -0.25) is 4.79 Å². The molecule has 2 aromatic rings. The van der Waals surface area contributed by atoms with Gasteiger partial charge in [0.25, 0.3) is 0 Å². The lowest BCUT2D eigenvalue weighted by molar-refractivity contribution is -0.132. The summed E-state index contributed by atoms with van der Waals surface area (Å²) in [5.74, 6) is -0.114. The normalized spacial score (nSPS) is 16.8. The van der Waals surface area contributed by atoms with Crippen LogP contribution in [-0.2, 0) is 11.2 Å². The summed E-state index contributed by atoms with van der Waals surface area (Å²) in [5.41, 5.74) is 3.55. The van der Waals surface area contributed by atoms with Crippen LogP contribution in [0.2, 0.25) is 0 Å². The van der Waals surface area contributed by atoms with Crippen molar-refractivity contribution >= 4 is 5.91 Å². The summed E-state index contributed by atoms with van der Waals surface area (Å²) in [4.78, 5) is 15.0. The molecule has 1 aromatic heterocycles. The predicted molar refractivity (Wildman–Crippen MR) is 100.0 cm³/mol. The second kappa shape index (κ2) is 7.99. The Balaban J connectivity index is 1.82. The van der Waals surface area contributed by atoms with Crippen LogP contribution in [0.5, 0.6) is 0 Å². The van der Waals surface area contributed by atoms with Gasteiger partial charge in [-0.2, -0.15) is 5.10 Å². The Bertz CT molecular complexity index is 763. The molecule has 1 unspecified atom stereocenters. The molecule has 1 aliphatic heterocycles. The first-order valence-corrected chi connectivity index (χ1v) is 9.32. The monoisotopic (exact) mass is 358 g/mol. The van der Waals surface area contributed by atoms with Crippen molar-refractivity contribution in [2.45, 2.75) is 46.1 Å². The van der Waals surface area contributed by atoms with Gasteiger partial charge in [0, 0.05) is 30.4 Å². The second-order valence-corrected chi connectivity index (χ2v) is 6.95. The molecule has 0 bridgehead atoms. The molecule has 3 rings (SSSR count).